The normalized spacial score (nSPS) is 11.3. The van der Waals surface area contributed by atoms with Crippen LogP contribution in [0.2, 0.25) is 0 Å². The first-order chi connectivity index (χ1) is 12.7. The number of rotatable bonds is 4. The van der Waals surface area contributed by atoms with Crippen molar-refractivity contribution >= 4 is 21.5 Å². The molecule has 0 aliphatic rings. The van der Waals surface area contributed by atoms with Crippen molar-refractivity contribution in [3.8, 4) is 11.1 Å². The van der Waals surface area contributed by atoms with Gasteiger partial charge in [-0.2, -0.15) is 0 Å². The van der Waals surface area contributed by atoms with E-state index in [-0.39, 0.29) is 0 Å². The topological polar surface area (TPSA) is 0 Å². The summed E-state index contributed by atoms with van der Waals surface area (Å²) < 4.78 is 0. The van der Waals surface area contributed by atoms with Crippen LogP contribution in [0.25, 0.3) is 32.7 Å². The summed E-state index contributed by atoms with van der Waals surface area (Å²) in [7, 11) is 0. The first kappa shape index (κ1) is 16.8. The Morgan fingerprint density at radius 1 is 0.769 bits per heavy atom. The highest BCUT2D eigenvalue weighted by atomic mass is 14.2. The fourth-order valence-corrected chi connectivity index (χ4v) is 4.01. The van der Waals surface area contributed by atoms with Gasteiger partial charge in [0.25, 0.3) is 0 Å². The van der Waals surface area contributed by atoms with E-state index in [4.69, 9.17) is 0 Å². The summed E-state index contributed by atoms with van der Waals surface area (Å²) in [5.41, 5.74) is 6.86. The van der Waals surface area contributed by atoms with Crippen LogP contribution in [-0.2, 0) is 6.42 Å². The molecule has 0 aromatic heterocycles. The molecule has 0 heteroatoms. The minimum atomic E-state index is 1.13. The van der Waals surface area contributed by atoms with Gasteiger partial charge in [-0.3, -0.25) is 0 Å². The second-order valence-electron chi connectivity index (χ2n) is 7.22. The first-order valence-corrected chi connectivity index (χ1v) is 9.63. The molecule has 0 atom stereocenters. The minimum Gasteiger partial charge on any atom is -0.0654 e. The van der Waals surface area contributed by atoms with Gasteiger partial charge in [0, 0.05) is 0 Å². The molecule has 0 bridgehead atoms. The average molecular weight is 337 g/mol. The Balaban J connectivity index is 2.14. The first-order valence-electron chi connectivity index (χ1n) is 9.63. The summed E-state index contributed by atoms with van der Waals surface area (Å²) in [5, 5.41) is 5.20. The molecule has 4 aromatic carbocycles. The van der Waals surface area contributed by atoms with Crippen molar-refractivity contribution in [2.75, 3.05) is 0 Å². The van der Waals surface area contributed by atoms with E-state index in [2.05, 4.69) is 87.5 Å². The molecule has 26 heavy (non-hydrogen) atoms. The molecule has 1 radical (unpaired) electrons. The Labute approximate surface area is 156 Å². The van der Waals surface area contributed by atoms with Gasteiger partial charge in [-0.1, -0.05) is 74.0 Å². The zero-order valence-electron chi connectivity index (χ0n) is 15.9. The zero-order chi connectivity index (χ0) is 18.1. The van der Waals surface area contributed by atoms with E-state index >= 15 is 0 Å². The van der Waals surface area contributed by atoms with E-state index in [0.29, 0.717) is 0 Å². The molecular weight excluding hydrogens is 312 g/mol. The third kappa shape index (κ3) is 2.80. The maximum atomic E-state index is 3.58. The Hall–Kier alpha value is -2.60. The number of hydrogen-bond donors (Lipinski definition) is 0. The highest BCUT2D eigenvalue weighted by Crippen LogP contribution is 2.40. The monoisotopic (exact) mass is 337 g/mol. The van der Waals surface area contributed by atoms with Crippen molar-refractivity contribution in [2.45, 2.75) is 40.0 Å². The third-order valence-electron chi connectivity index (χ3n) is 5.52. The van der Waals surface area contributed by atoms with Gasteiger partial charge in [0.15, 0.2) is 0 Å². The van der Waals surface area contributed by atoms with Gasteiger partial charge in [-0.25, -0.2) is 0 Å². The summed E-state index contributed by atoms with van der Waals surface area (Å²) >= 11 is 0. The summed E-state index contributed by atoms with van der Waals surface area (Å²) in [6.07, 6.45) is 3.57. The number of hydrogen-bond acceptors (Lipinski definition) is 0. The SMILES string of the molecule is CCCCc1ccc2ccccc2c1-c1c(C)c(C)[c]c2ccccc12. The lowest BCUT2D eigenvalue weighted by Crippen LogP contribution is -1.97. The van der Waals surface area contributed by atoms with Gasteiger partial charge >= 0.3 is 0 Å². The van der Waals surface area contributed by atoms with Gasteiger partial charge < -0.3 is 0 Å². The second-order valence-corrected chi connectivity index (χ2v) is 7.22. The second kappa shape index (κ2) is 6.96. The molecule has 0 unspecified atom stereocenters. The average Bonchev–Trinajstić information content (AvgIpc) is 2.67. The van der Waals surface area contributed by atoms with Crippen molar-refractivity contribution in [3.63, 3.8) is 0 Å². The lowest BCUT2D eigenvalue weighted by Gasteiger charge is -2.19. The van der Waals surface area contributed by atoms with Crippen molar-refractivity contribution in [1.82, 2.24) is 0 Å². The summed E-state index contributed by atoms with van der Waals surface area (Å²) in [6.45, 7) is 6.70. The van der Waals surface area contributed by atoms with Crippen LogP contribution in [0.5, 0.6) is 0 Å². The van der Waals surface area contributed by atoms with Gasteiger partial charge in [-0.15, -0.1) is 0 Å². The zero-order valence-corrected chi connectivity index (χ0v) is 15.9. The summed E-state index contributed by atoms with van der Waals surface area (Å²) in [6, 6.07) is 25.7. The molecular formula is C26H25. The maximum absolute atomic E-state index is 3.58. The molecule has 4 rings (SSSR count). The van der Waals surface area contributed by atoms with Crippen molar-refractivity contribution < 1.29 is 0 Å². The van der Waals surface area contributed by atoms with Crippen LogP contribution < -0.4 is 0 Å². The largest absolute Gasteiger partial charge is 0.0654 e. The molecule has 0 nitrogen and oxygen atoms in total. The maximum Gasteiger partial charge on any atom is -0.00640 e. The molecule has 0 saturated carbocycles. The molecule has 0 heterocycles. The van der Waals surface area contributed by atoms with Crippen molar-refractivity contribution in [1.29, 1.82) is 0 Å². The molecule has 129 valence electrons. The molecule has 0 saturated heterocycles. The van der Waals surface area contributed by atoms with E-state index < -0.39 is 0 Å². The van der Waals surface area contributed by atoms with Crippen molar-refractivity contribution in [3.05, 3.63) is 83.4 Å². The van der Waals surface area contributed by atoms with E-state index in [1.807, 2.05) is 0 Å². The number of unbranched alkanes of at least 4 members (excludes halogenated alkanes) is 1. The standard InChI is InChI=1S/C26H25/c1-4-5-10-21-16-15-20-11-6-8-13-23(20)26(21)25-19(3)18(2)17-22-12-7-9-14-24(22)25/h6-9,11-16H,4-5,10H2,1-3H3. The molecule has 0 spiro atoms. The lowest BCUT2D eigenvalue weighted by molar-refractivity contribution is 0.797. The van der Waals surface area contributed by atoms with E-state index in [1.54, 1.807) is 0 Å². The van der Waals surface area contributed by atoms with Crippen LogP contribution in [-0.4, -0.2) is 0 Å². The molecule has 0 fully saturated rings. The Bertz CT molecular complexity index is 1090. The smallest absolute Gasteiger partial charge is 0.00640 e. The van der Waals surface area contributed by atoms with Gasteiger partial charge in [0.2, 0.25) is 0 Å². The predicted octanol–water partition coefficient (Wildman–Crippen LogP) is 7.42. The van der Waals surface area contributed by atoms with E-state index in [1.165, 1.54) is 62.2 Å². The quantitative estimate of drug-likeness (QED) is 0.363. The summed E-state index contributed by atoms with van der Waals surface area (Å²) in [4.78, 5) is 0. The lowest BCUT2D eigenvalue weighted by atomic mass is 9.84. The Morgan fingerprint density at radius 2 is 1.50 bits per heavy atom. The number of aryl methyl sites for hydroxylation is 2. The Morgan fingerprint density at radius 3 is 2.31 bits per heavy atom. The third-order valence-corrected chi connectivity index (χ3v) is 5.52. The number of fused-ring (bicyclic) bond motifs is 2. The molecule has 0 amide bonds. The van der Waals surface area contributed by atoms with Crippen LogP contribution in [0.15, 0.2) is 60.7 Å². The van der Waals surface area contributed by atoms with Crippen molar-refractivity contribution in [2.24, 2.45) is 0 Å². The van der Waals surface area contributed by atoms with Gasteiger partial charge in [-0.05, 0) is 82.1 Å². The minimum absolute atomic E-state index is 1.13. The van der Waals surface area contributed by atoms with Gasteiger partial charge in [0.05, 0.1) is 0 Å². The van der Waals surface area contributed by atoms with Crippen LogP contribution in [0.3, 0.4) is 0 Å². The van der Waals surface area contributed by atoms with E-state index in [0.717, 1.165) is 6.42 Å². The van der Waals surface area contributed by atoms with Crippen LogP contribution in [0.1, 0.15) is 36.5 Å². The number of benzene rings is 4. The van der Waals surface area contributed by atoms with Crippen LogP contribution >= 0.6 is 0 Å². The van der Waals surface area contributed by atoms with Gasteiger partial charge in [0.1, 0.15) is 0 Å². The van der Waals surface area contributed by atoms with Crippen LogP contribution in [0, 0.1) is 19.9 Å². The highest BCUT2D eigenvalue weighted by Gasteiger charge is 2.16. The summed E-state index contributed by atoms with van der Waals surface area (Å²) in [5.74, 6) is 0. The molecule has 4 aromatic rings. The van der Waals surface area contributed by atoms with E-state index in [9.17, 15) is 0 Å². The molecule has 0 aliphatic carbocycles. The molecule has 0 aliphatic heterocycles. The van der Waals surface area contributed by atoms with Crippen LogP contribution in [0.4, 0.5) is 0 Å². The highest BCUT2D eigenvalue weighted by molar-refractivity contribution is 6.08. The Kier molecular flexibility index (Phi) is 4.51. The fourth-order valence-electron chi connectivity index (χ4n) is 4.01. The predicted molar refractivity (Wildman–Crippen MR) is 114 cm³/mol. The molecule has 0 N–H and O–H groups in total. The fraction of sp³-hybridized carbons (Fsp3) is 0.231.